The number of hydrogen-bond acceptors (Lipinski definition) is 6. The molecule has 0 unspecified atom stereocenters. The van der Waals surface area contributed by atoms with Crippen LogP contribution in [0.15, 0.2) is 10.9 Å². The van der Waals surface area contributed by atoms with Gasteiger partial charge >= 0.3 is 24.0 Å². The molecule has 0 saturated carbocycles. The highest BCUT2D eigenvalue weighted by Gasteiger charge is 2.37. The zero-order valence-corrected chi connectivity index (χ0v) is 9.11. The van der Waals surface area contributed by atoms with Crippen LogP contribution in [0, 0.1) is 10.1 Å². The lowest BCUT2D eigenvalue weighted by Crippen LogP contribution is -2.25. The lowest BCUT2D eigenvalue weighted by Gasteiger charge is -2.09. The number of alkyl halides is 3. The normalized spacial score (nSPS) is 10.9. The number of carbonyl (C=O) groups is 1. The van der Waals surface area contributed by atoms with Crippen molar-refractivity contribution in [3.05, 3.63) is 32.0 Å². The standard InChI is InChI=1S/C8H5F3N2O6/c1-18-7(15)5-3(14)2-4(13(16)17)12-6(5)19-8(9,10)11/h2H,1H3,(H,12,14). The van der Waals surface area contributed by atoms with Crippen LogP contribution in [0.1, 0.15) is 10.4 Å². The van der Waals surface area contributed by atoms with Crippen LogP contribution >= 0.6 is 0 Å². The number of hydrogen-bond donors (Lipinski definition) is 1. The molecule has 19 heavy (non-hydrogen) atoms. The van der Waals surface area contributed by atoms with Gasteiger partial charge in [-0.15, -0.1) is 13.2 Å². The third kappa shape index (κ3) is 3.43. The molecule has 0 saturated heterocycles. The molecule has 1 aromatic heterocycles. The van der Waals surface area contributed by atoms with Gasteiger partial charge in [0.2, 0.25) is 5.43 Å². The zero-order chi connectivity index (χ0) is 14.8. The average Bonchev–Trinajstić information content (AvgIpc) is 2.25. The molecule has 0 radical (unpaired) electrons. The maximum absolute atomic E-state index is 12.1. The number of aromatic nitrogens is 1. The van der Waals surface area contributed by atoms with Gasteiger partial charge in [0.1, 0.15) is 0 Å². The summed E-state index contributed by atoms with van der Waals surface area (Å²) in [7, 11) is 0.820. The van der Waals surface area contributed by atoms with Crippen LogP contribution in [-0.2, 0) is 4.74 Å². The van der Waals surface area contributed by atoms with Crippen molar-refractivity contribution in [2.45, 2.75) is 6.36 Å². The molecular formula is C8H5F3N2O6. The van der Waals surface area contributed by atoms with E-state index >= 15 is 0 Å². The van der Waals surface area contributed by atoms with Crippen molar-refractivity contribution in [2.24, 2.45) is 0 Å². The highest BCUT2D eigenvalue weighted by molar-refractivity contribution is 5.91. The van der Waals surface area contributed by atoms with Gasteiger partial charge in [-0.05, 0) is 4.92 Å². The summed E-state index contributed by atoms with van der Waals surface area (Å²) >= 11 is 0. The second-order valence-corrected chi connectivity index (χ2v) is 3.02. The van der Waals surface area contributed by atoms with E-state index in [0.717, 1.165) is 7.11 Å². The van der Waals surface area contributed by atoms with Crippen molar-refractivity contribution in [3.8, 4) is 5.88 Å². The van der Waals surface area contributed by atoms with Crippen molar-refractivity contribution >= 4 is 11.8 Å². The maximum Gasteiger partial charge on any atom is 0.575 e. The first-order chi connectivity index (χ1) is 8.65. The first kappa shape index (κ1) is 14.5. The Bertz CT molecular complexity index is 579. The minimum Gasteiger partial charge on any atom is -0.465 e. The van der Waals surface area contributed by atoms with E-state index in [1.165, 1.54) is 0 Å². The summed E-state index contributed by atoms with van der Waals surface area (Å²) in [6.07, 6.45) is -5.25. The fourth-order valence-corrected chi connectivity index (χ4v) is 1.11. The minimum absolute atomic E-state index is 0.343. The molecular weight excluding hydrogens is 277 g/mol. The highest BCUT2D eigenvalue weighted by atomic mass is 19.4. The van der Waals surface area contributed by atoms with Crippen LogP contribution in [0.3, 0.4) is 0 Å². The number of halogens is 3. The second-order valence-electron chi connectivity index (χ2n) is 3.02. The third-order valence-corrected chi connectivity index (χ3v) is 1.79. The van der Waals surface area contributed by atoms with Crippen LogP contribution in [0.5, 0.6) is 5.88 Å². The highest BCUT2D eigenvalue weighted by Crippen LogP contribution is 2.24. The van der Waals surface area contributed by atoms with E-state index < -0.39 is 39.9 Å². The minimum atomic E-state index is -5.25. The van der Waals surface area contributed by atoms with Gasteiger partial charge in [0.15, 0.2) is 5.56 Å². The van der Waals surface area contributed by atoms with E-state index in [1.54, 1.807) is 4.98 Å². The van der Waals surface area contributed by atoms with Crippen LogP contribution in [-0.4, -0.2) is 29.3 Å². The number of esters is 1. The second kappa shape index (κ2) is 4.96. The summed E-state index contributed by atoms with van der Waals surface area (Å²) in [5.41, 5.74) is -2.46. The Labute approximate surface area is 101 Å². The Hall–Kier alpha value is -2.59. The predicted octanol–water partition coefficient (Wildman–Crippen LogP) is 0.968. The number of aromatic amines is 1. The van der Waals surface area contributed by atoms with Gasteiger partial charge in [0.05, 0.1) is 13.2 Å². The number of nitrogens with zero attached hydrogens (tertiary/aromatic N) is 1. The summed E-state index contributed by atoms with van der Waals surface area (Å²) < 4.78 is 43.7. The largest absolute Gasteiger partial charge is 0.575 e. The molecule has 104 valence electrons. The number of nitro groups is 1. The summed E-state index contributed by atoms with van der Waals surface area (Å²) in [4.78, 5) is 33.4. The summed E-state index contributed by atoms with van der Waals surface area (Å²) in [6, 6.07) is 0.343. The van der Waals surface area contributed by atoms with Crippen molar-refractivity contribution in [2.75, 3.05) is 7.11 Å². The Morgan fingerprint density at radius 2 is 2.05 bits per heavy atom. The van der Waals surface area contributed by atoms with E-state index in [0.29, 0.717) is 6.07 Å². The number of ether oxygens (including phenoxy) is 2. The molecule has 0 aliphatic heterocycles. The lowest BCUT2D eigenvalue weighted by atomic mass is 10.2. The molecule has 1 heterocycles. The van der Waals surface area contributed by atoms with E-state index in [4.69, 9.17) is 0 Å². The molecule has 0 amide bonds. The Kier molecular flexibility index (Phi) is 3.77. The van der Waals surface area contributed by atoms with Crippen LogP contribution in [0.25, 0.3) is 0 Å². The van der Waals surface area contributed by atoms with Crippen molar-refractivity contribution < 1.29 is 32.4 Å². The van der Waals surface area contributed by atoms with Crippen LogP contribution in [0.2, 0.25) is 0 Å². The predicted molar refractivity (Wildman–Crippen MR) is 51.7 cm³/mol. The Morgan fingerprint density at radius 3 is 2.47 bits per heavy atom. The van der Waals surface area contributed by atoms with E-state index in [1.807, 2.05) is 0 Å². The molecule has 1 N–H and O–H groups in total. The fraction of sp³-hybridized carbons (Fsp3) is 0.250. The first-order valence-electron chi connectivity index (χ1n) is 4.41. The number of pyridine rings is 1. The van der Waals surface area contributed by atoms with Crippen molar-refractivity contribution in [3.63, 3.8) is 0 Å². The molecule has 11 heteroatoms. The number of carbonyl (C=O) groups excluding carboxylic acids is 1. The fourth-order valence-electron chi connectivity index (χ4n) is 1.11. The van der Waals surface area contributed by atoms with Crippen LogP contribution < -0.4 is 10.2 Å². The molecule has 1 aromatic rings. The van der Waals surface area contributed by atoms with Gasteiger partial charge in [-0.1, -0.05) is 0 Å². The zero-order valence-electron chi connectivity index (χ0n) is 9.11. The lowest BCUT2D eigenvalue weighted by molar-refractivity contribution is -0.390. The quantitative estimate of drug-likeness (QED) is 0.502. The summed E-state index contributed by atoms with van der Waals surface area (Å²) in [5.74, 6) is -3.88. The molecule has 8 nitrogen and oxygen atoms in total. The van der Waals surface area contributed by atoms with Gasteiger partial charge in [-0.3, -0.25) is 4.79 Å². The van der Waals surface area contributed by atoms with Gasteiger partial charge < -0.3 is 19.6 Å². The molecule has 0 aliphatic rings. The van der Waals surface area contributed by atoms with Crippen LogP contribution in [0.4, 0.5) is 19.0 Å². The van der Waals surface area contributed by atoms with Gasteiger partial charge in [-0.2, -0.15) is 0 Å². The molecule has 0 bridgehead atoms. The monoisotopic (exact) mass is 282 g/mol. The first-order valence-corrected chi connectivity index (χ1v) is 4.41. The molecule has 0 atom stereocenters. The summed E-state index contributed by atoms with van der Waals surface area (Å²) in [5, 5.41) is 10.4. The smallest absolute Gasteiger partial charge is 0.465 e. The Morgan fingerprint density at radius 1 is 1.47 bits per heavy atom. The SMILES string of the molecule is COC(=O)c1c(OC(F)(F)F)[nH]c([N+](=O)[O-])cc1=O. The summed E-state index contributed by atoms with van der Waals surface area (Å²) in [6.45, 7) is 0. The van der Waals surface area contributed by atoms with E-state index in [-0.39, 0.29) is 0 Å². The van der Waals surface area contributed by atoms with Gasteiger partial charge in [0, 0.05) is 0 Å². The average molecular weight is 282 g/mol. The van der Waals surface area contributed by atoms with Crippen molar-refractivity contribution in [1.29, 1.82) is 0 Å². The van der Waals surface area contributed by atoms with E-state index in [9.17, 15) is 32.9 Å². The van der Waals surface area contributed by atoms with Gasteiger partial charge in [0.25, 0.3) is 0 Å². The number of methoxy groups -OCH3 is 1. The number of nitrogens with one attached hydrogen (secondary N) is 1. The number of rotatable bonds is 3. The molecule has 1 rings (SSSR count). The topological polar surface area (TPSA) is 112 Å². The van der Waals surface area contributed by atoms with Crippen molar-refractivity contribution in [1.82, 2.24) is 4.98 Å². The van der Waals surface area contributed by atoms with E-state index in [2.05, 4.69) is 9.47 Å². The molecule has 0 aromatic carbocycles. The molecule has 0 spiro atoms. The maximum atomic E-state index is 12.1. The number of H-pyrrole nitrogens is 1. The third-order valence-electron chi connectivity index (χ3n) is 1.79. The Balaban J connectivity index is 3.49. The molecule has 0 fully saturated rings. The van der Waals surface area contributed by atoms with Gasteiger partial charge in [-0.25, -0.2) is 9.78 Å². The molecule has 0 aliphatic carbocycles.